The number of nitrogens with zero attached hydrogens (tertiary/aromatic N) is 3. The van der Waals surface area contributed by atoms with Gasteiger partial charge in [-0.2, -0.15) is 0 Å². The SMILES string of the molecule is CCOC1CC(c2ccc([N+](=O)[O-])cc2)c2c(c3cccnc3n2S(=O)(=O)c2ccccc2)O1. The fraction of sp³-hybridized carbons (Fsp3) is 0.208. The zero-order chi connectivity index (χ0) is 23.9. The van der Waals surface area contributed by atoms with E-state index >= 15 is 0 Å². The van der Waals surface area contributed by atoms with Crippen molar-refractivity contribution in [2.75, 3.05) is 6.61 Å². The van der Waals surface area contributed by atoms with E-state index in [1.54, 1.807) is 42.5 Å². The molecule has 0 aliphatic carbocycles. The lowest BCUT2D eigenvalue weighted by atomic mass is 9.90. The summed E-state index contributed by atoms with van der Waals surface area (Å²) in [5.74, 6) is -0.0792. The molecule has 3 heterocycles. The highest BCUT2D eigenvalue weighted by molar-refractivity contribution is 7.90. The topological polar surface area (TPSA) is 114 Å². The highest BCUT2D eigenvalue weighted by Crippen LogP contribution is 2.47. The number of benzene rings is 2. The van der Waals surface area contributed by atoms with Crippen molar-refractivity contribution in [2.45, 2.75) is 30.4 Å². The average Bonchev–Trinajstić information content (AvgIpc) is 3.19. The van der Waals surface area contributed by atoms with Crippen molar-refractivity contribution in [3.05, 3.63) is 94.3 Å². The lowest BCUT2D eigenvalue weighted by Crippen LogP contribution is -2.31. The quantitative estimate of drug-likeness (QED) is 0.296. The van der Waals surface area contributed by atoms with Crippen LogP contribution in [0.3, 0.4) is 0 Å². The minimum Gasteiger partial charge on any atom is -0.462 e. The molecule has 174 valence electrons. The monoisotopic (exact) mass is 479 g/mol. The minimum atomic E-state index is -4.03. The number of nitro groups is 1. The first kappa shape index (κ1) is 22.1. The Kier molecular flexibility index (Phi) is 5.54. The van der Waals surface area contributed by atoms with Gasteiger partial charge in [-0.15, -0.1) is 0 Å². The fourth-order valence-electron chi connectivity index (χ4n) is 4.34. The molecule has 0 amide bonds. The summed E-state index contributed by atoms with van der Waals surface area (Å²) in [5.41, 5.74) is 1.34. The van der Waals surface area contributed by atoms with E-state index in [0.29, 0.717) is 35.4 Å². The third kappa shape index (κ3) is 3.61. The second kappa shape index (κ2) is 8.54. The van der Waals surface area contributed by atoms with Crippen LogP contribution in [0.4, 0.5) is 5.69 Å². The minimum absolute atomic E-state index is 0.0449. The molecular weight excluding hydrogens is 458 g/mol. The maximum atomic E-state index is 13.9. The second-order valence-corrected chi connectivity index (χ2v) is 9.60. The van der Waals surface area contributed by atoms with Crippen molar-refractivity contribution >= 4 is 26.7 Å². The summed E-state index contributed by atoms with van der Waals surface area (Å²) in [7, 11) is -4.03. The van der Waals surface area contributed by atoms with Crippen LogP contribution in [0.15, 0.2) is 77.8 Å². The molecule has 10 heteroatoms. The molecule has 2 atom stereocenters. The van der Waals surface area contributed by atoms with E-state index in [2.05, 4.69) is 4.98 Å². The molecule has 0 radical (unpaired) electrons. The van der Waals surface area contributed by atoms with Crippen LogP contribution >= 0.6 is 0 Å². The number of nitro benzene ring substituents is 1. The van der Waals surface area contributed by atoms with E-state index in [1.807, 2.05) is 6.92 Å². The smallest absolute Gasteiger partial charge is 0.269 e. The second-order valence-electron chi connectivity index (χ2n) is 7.81. The van der Waals surface area contributed by atoms with Gasteiger partial charge in [0.05, 0.1) is 20.9 Å². The molecule has 0 saturated heterocycles. The van der Waals surface area contributed by atoms with Crippen molar-refractivity contribution in [1.82, 2.24) is 8.96 Å². The summed E-state index contributed by atoms with van der Waals surface area (Å²) in [4.78, 5) is 15.2. The van der Waals surface area contributed by atoms with E-state index in [9.17, 15) is 18.5 Å². The molecular formula is C24H21N3O6S. The largest absolute Gasteiger partial charge is 0.462 e. The third-order valence-electron chi connectivity index (χ3n) is 5.82. The molecule has 2 unspecified atom stereocenters. The van der Waals surface area contributed by atoms with Gasteiger partial charge in [0.1, 0.15) is 0 Å². The number of non-ortho nitro benzene ring substituents is 1. The first-order valence-corrected chi connectivity index (χ1v) is 12.2. The van der Waals surface area contributed by atoms with Gasteiger partial charge in [0.2, 0.25) is 6.29 Å². The van der Waals surface area contributed by atoms with Crippen LogP contribution in [0.5, 0.6) is 5.75 Å². The van der Waals surface area contributed by atoms with E-state index in [1.165, 1.54) is 34.4 Å². The molecule has 0 spiro atoms. The molecule has 2 aromatic carbocycles. The molecule has 4 aromatic rings. The van der Waals surface area contributed by atoms with Gasteiger partial charge < -0.3 is 9.47 Å². The van der Waals surface area contributed by atoms with E-state index in [-0.39, 0.29) is 16.2 Å². The molecule has 0 N–H and O–H groups in total. The molecule has 2 aromatic heterocycles. The van der Waals surface area contributed by atoms with Gasteiger partial charge in [-0.25, -0.2) is 17.4 Å². The number of hydrogen-bond donors (Lipinski definition) is 0. The first-order chi connectivity index (χ1) is 16.4. The number of pyridine rings is 1. The Balaban J connectivity index is 1.79. The van der Waals surface area contributed by atoms with Crippen molar-refractivity contribution in [3.8, 4) is 5.75 Å². The van der Waals surface area contributed by atoms with Gasteiger partial charge in [-0.1, -0.05) is 30.3 Å². The summed E-state index contributed by atoms with van der Waals surface area (Å²) in [6.07, 6.45) is 1.25. The van der Waals surface area contributed by atoms with Gasteiger partial charge in [0.15, 0.2) is 11.4 Å². The highest BCUT2D eigenvalue weighted by Gasteiger charge is 2.39. The lowest BCUT2D eigenvalue weighted by molar-refractivity contribution is -0.384. The van der Waals surface area contributed by atoms with Crippen LogP contribution < -0.4 is 4.74 Å². The van der Waals surface area contributed by atoms with Crippen LogP contribution in [-0.2, 0) is 14.8 Å². The maximum absolute atomic E-state index is 13.9. The Morgan fingerprint density at radius 2 is 1.85 bits per heavy atom. The average molecular weight is 480 g/mol. The standard InChI is InChI=1S/C24H21N3O6S/c1-2-32-21-15-20(16-10-12-17(13-11-16)27(28)29)22-23(33-21)19-9-6-14-25-24(19)26(22)34(30,31)18-7-4-3-5-8-18/h3-14,20-21H,2,15H2,1H3. The molecule has 0 saturated carbocycles. The van der Waals surface area contributed by atoms with Gasteiger partial charge >= 0.3 is 0 Å². The van der Waals surface area contributed by atoms with Gasteiger partial charge in [0.25, 0.3) is 15.7 Å². The fourth-order valence-corrected chi connectivity index (χ4v) is 5.89. The van der Waals surface area contributed by atoms with Gasteiger partial charge in [-0.3, -0.25) is 10.1 Å². The van der Waals surface area contributed by atoms with Crippen LogP contribution in [0, 0.1) is 10.1 Å². The highest BCUT2D eigenvalue weighted by atomic mass is 32.2. The Labute approximate surface area is 195 Å². The van der Waals surface area contributed by atoms with Crippen LogP contribution in [0.25, 0.3) is 11.0 Å². The van der Waals surface area contributed by atoms with Crippen LogP contribution in [0.2, 0.25) is 0 Å². The summed E-state index contributed by atoms with van der Waals surface area (Å²) in [6, 6.07) is 17.7. The van der Waals surface area contributed by atoms with Crippen LogP contribution in [0.1, 0.15) is 30.5 Å². The predicted octanol–water partition coefficient (Wildman–Crippen LogP) is 4.46. The lowest BCUT2D eigenvalue weighted by Gasteiger charge is -2.31. The summed E-state index contributed by atoms with van der Waals surface area (Å²) in [5, 5.41) is 11.7. The molecule has 0 fully saturated rings. The van der Waals surface area contributed by atoms with Crippen LogP contribution in [-0.4, -0.2) is 35.2 Å². The predicted molar refractivity (Wildman–Crippen MR) is 124 cm³/mol. The van der Waals surface area contributed by atoms with E-state index in [0.717, 1.165) is 0 Å². The molecule has 9 nitrogen and oxygen atoms in total. The zero-order valence-electron chi connectivity index (χ0n) is 18.2. The summed E-state index contributed by atoms with van der Waals surface area (Å²) < 4.78 is 40.9. The number of rotatable bonds is 6. The molecule has 34 heavy (non-hydrogen) atoms. The molecule has 0 bridgehead atoms. The Morgan fingerprint density at radius 1 is 1.12 bits per heavy atom. The molecule has 1 aliphatic heterocycles. The number of ether oxygens (including phenoxy) is 2. The molecule has 5 rings (SSSR count). The van der Waals surface area contributed by atoms with Crippen molar-refractivity contribution in [1.29, 1.82) is 0 Å². The number of fused-ring (bicyclic) bond motifs is 3. The van der Waals surface area contributed by atoms with E-state index in [4.69, 9.17) is 9.47 Å². The number of aromatic nitrogens is 2. The first-order valence-electron chi connectivity index (χ1n) is 10.7. The van der Waals surface area contributed by atoms with Gasteiger partial charge in [0, 0.05) is 37.3 Å². The van der Waals surface area contributed by atoms with Crippen molar-refractivity contribution < 1.29 is 22.8 Å². The van der Waals surface area contributed by atoms with Gasteiger partial charge in [-0.05, 0) is 36.8 Å². The van der Waals surface area contributed by atoms with E-state index < -0.39 is 27.2 Å². The Hall–Kier alpha value is -3.76. The third-order valence-corrected chi connectivity index (χ3v) is 7.54. The Morgan fingerprint density at radius 3 is 2.53 bits per heavy atom. The number of hydrogen-bond acceptors (Lipinski definition) is 7. The maximum Gasteiger partial charge on any atom is 0.269 e. The normalized spacial score (nSPS) is 17.8. The summed E-state index contributed by atoms with van der Waals surface area (Å²) in [6.45, 7) is 2.26. The Bertz CT molecular complexity index is 1470. The van der Waals surface area contributed by atoms with Crippen molar-refractivity contribution in [2.24, 2.45) is 0 Å². The zero-order valence-corrected chi connectivity index (χ0v) is 19.0. The molecule has 1 aliphatic rings. The van der Waals surface area contributed by atoms with Crippen molar-refractivity contribution in [3.63, 3.8) is 0 Å². The summed E-state index contributed by atoms with van der Waals surface area (Å²) >= 11 is 0.